The fraction of sp³-hybridized carbons (Fsp3) is 0.333. The Morgan fingerprint density at radius 3 is 2.48 bits per heavy atom. The van der Waals surface area contributed by atoms with Gasteiger partial charge in [0.2, 0.25) is 0 Å². The van der Waals surface area contributed by atoms with Crippen LogP contribution < -0.4 is 5.73 Å². The first kappa shape index (κ1) is 16.1. The van der Waals surface area contributed by atoms with Gasteiger partial charge in [-0.15, -0.1) is 0 Å². The summed E-state index contributed by atoms with van der Waals surface area (Å²) in [5, 5.41) is 0. The molecule has 3 heteroatoms. The molecule has 1 unspecified atom stereocenters. The first-order chi connectivity index (χ1) is 9.99. The molecular weight excluding hydrogens is 281 g/mol. The van der Waals surface area contributed by atoms with Gasteiger partial charge < -0.3 is 5.73 Å². The van der Waals surface area contributed by atoms with Crippen LogP contribution >= 0.6 is 11.8 Å². The molecule has 1 nitrogen and oxygen atoms in total. The standard InChI is InChI=1S/C18H22FNS/c1-4-15(20)10-14-6-8-18(17(19)11-14)21-16-7-5-12(2)13(3)9-16/h5-9,11,15H,4,10,20H2,1-3H3. The van der Waals surface area contributed by atoms with E-state index in [1.165, 1.54) is 22.9 Å². The number of rotatable bonds is 5. The molecule has 0 fully saturated rings. The molecule has 0 aliphatic rings. The highest BCUT2D eigenvalue weighted by molar-refractivity contribution is 7.99. The van der Waals surface area contributed by atoms with Crippen LogP contribution in [0.4, 0.5) is 4.39 Å². The van der Waals surface area contributed by atoms with Gasteiger partial charge in [-0.3, -0.25) is 0 Å². The third-order valence-electron chi connectivity index (χ3n) is 3.72. The Labute approximate surface area is 130 Å². The Morgan fingerprint density at radius 2 is 1.86 bits per heavy atom. The lowest BCUT2D eigenvalue weighted by Gasteiger charge is -2.10. The molecule has 0 saturated carbocycles. The Morgan fingerprint density at radius 1 is 1.10 bits per heavy atom. The highest BCUT2D eigenvalue weighted by atomic mass is 32.2. The molecular formula is C18H22FNS. The van der Waals surface area contributed by atoms with E-state index < -0.39 is 0 Å². The van der Waals surface area contributed by atoms with Gasteiger partial charge >= 0.3 is 0 Å². The number of hydrogen-bond donors (Lipinski definition) is 1. The summed E-state index contributed by atoms with van der Waals surface area (Å²) in [4.78, 5) is 1.72. The summed E-state index contributed by atoms with van der Waals surface area (Å²) in [7, 11) is 0. The minimum Gasteiger partial charge on any atom is -0.327 e. The van der Waals surface area contributed by atoms with Crippen LogP contribution in [0.15, 0.2) is 46.2 Å². The second kappa shape index (κ2) is 7.10. The summed E-state index contributed by atoms with van der Waals surface area (Å²) < 4.78 is 14.2. The van der Waals surface area contributed by atoms with Crippen LogP contribution in [0.5, 0.6) is 0 Å². The van der Waals surface area contributed by atoms with Gasteiger partial charge in [0.25, 0.3) is 0 Å². The van der Waals surface area contributed by atoms with Crippen molar-refractivity contribution in [3.8, 4) is 0 Å². The van der Waals surface area contributed by atoms with E-state index in [1.807, 2.05) is 25.1 Å². The van der Waals surface area contributed by atoms with Crippen LogP contribution in [-0.4, -0.2) is 6.04 Å². The molecule has 2 aromatic carbocycles. The fourth-order valence-electron chi connectivity index (χ4n) is 2.11. The van der Waals surface area contributed by atoms with Gasteiger partial charge in [-0.05, 0) is 67.6 Å². The van der Waals surface area contributed by atoms with Crippen molar-refractivity contribution >= 4 is 11.8 Å². The van der Waals surface area contributed by atoms with Crippen LogP contribution in [0.3, 0.4) is 0 Å². The van der Waals surface area contributed by atoms with Crippen molar-refractivity contribution in [2.24, 2.45) is 5.73 Å². The Bertz CT molecular complexity index is 625. The van der Waals surface area contributed by atoms with Crippen molar-refractivity contribution in [3.63, 3.8) is 0 Å². The van der Waals surface area contributed by atoms with Crippen LogP contribution in [0, 0.1) is 19.7 Å². The minimum absolute atomic E-state index is 0.0997. The highest BCUT2D eigenvalue weighted by Crippen LogP contribution is 2.31. The second-order valence-corrected chi connectivity index (χ2v) is 6.60. The fourth-order valence-corrected chi connectivity index (χ4v) is 3.02. The van der Waals surface area contributed by atoms with E-state index in [9.17, 15) is 4.39 Å². The van der Waals surface area contributed by atoms with Crippen molar-refractivity contribution in [3.05, 3.63) is 58.9 Å². The number of halogens is 1. The first-order valence-corrected chi connectivity index (χ1v) is 8.10. The van der Waals surface area contributed by atoms with Crippen molar-refractivity contribution in [1.29, 1.82) is 0 Å². The number of aryl methyl sites for hydroxylation is 2. The molecule has 0 spiro atoms. The van der Waals surface area contributed by atoms with Crippen LogP contribution in [0.2, 0.25) is 0 Å². The lowest BCUT2D eigenvalue weighted by molar-refractivity contribution is 0.593. The summed E-state index contributed by atoms with van der Waals surface area (Å²) >= 11 is 1.46. The Hall–Kier alpha value is -1.32. The van der Waals surface area contributed by atoms with Gasteiger partial charge in [0.15, 0.2) is 0 Å². The molecule has 0 radical (unpaired) electrons. The predicted molar refractivity (Wildman–Crippen MR) is 88.4 cm³/mol. The van der Waals surface area contributed by atoms with E-state index >= 15 is 0 Å². The van der Waals surface area contributed by atoms with Crippen molar-refractivity contribution in [2.45, 2.75) is 49.4 Å². The maximum absolute atomic E-state index is 14.2. The van der Waals surface area contributed by atoms with E-state index in [2.05, 4.69) is 26.0 Å². The summed E-state index contributed by atoms with van der Waals surface area (Å²) in [6.45, 7) is 6.20. The molecule has 2 aromatic rings. The predicted octanol–water partition coefficient (Wildman–Crippen LogP) is 4.87. The van der Waals surface area contributed by atoms with E-state index in [1.54, 1.807) is 6.07 Å². The first-order valence-electron chi connectivity index (χ1n) is 7.28. The third-order valence-corrected chi connectivity index (χ3v) is 4.77. The van der Waals surface area contributed by atoms with E-state index in [4.69, 9.17) is 5.73 Å². The van der Waals surface area contributed by atoms with Gasteiger partial charge in [0.05, 0.1) is 0 Å². The molecule has 0 aliphatic heterocycles. The van der Waals surface area contributed by atoms with Gasteiger partial charge in [0.1, 0.15) is 5.82 Å². The normalized spacial score (nSPS) is 12.4. The molecule has 0 saturated heterocycles. The molecule has 2 N–H and O–H groups in total. The lowest BCUT2D eigenvalue weighted by Crippen LogP contribution is -2.21. The van der Waals surface area contributed by atoms with Gasteiger partial charge in [0, 0.05) is 15.8 Å². The summed E-state index contributed by atoms with van der Waals surface area (Å²) in [6, 6.07) is 11.7. The molecule has 21 heavy (non-hydrogen) atoms. The van der Waals surface area contributed by atoms with Crippen LogP contribution in [0.1, 0.15) is 30.0 Å². The summed E-state index contributed by atoms with van der Waals surface area (Å²) in [5.41, 5.74) is 9.37. The van der Waals surface area contributed by atoms with Crippen molar-refractivity contribution in [2.75, 3.05) is 0 Å². The van der Waals surface area contributed by atoms with E-state index in [0.717, 1.165) is 23.3 Å². The van der Waals surface area contributed by atoms with Crippen molar-refractivity contribution in [1.82, 2.24) is 0 Å². The minimum atomic E-state index is -0.168. The highest BCUT2D eigenvalue weighted by Gasteiger charge is 2.08. The van der Waals surface area contributed by atoms with Crippen LogP contribution in [0.25, 0.3) is 0 Å². The molecule has 0 bridgehead atoms. The monoisotopic (exact) mass is 303 g/mol. The van der Waals surface area contributed by atoms with Crippen LogP contribution in [-0.2, 0) is 6.42 Å². The smallest absolute Gasteiger partial charge is 0.137 e. The Kier molecular flexibility index (Phi) is 5.43. The average molecular weight is 303 g/mol. The summed E-state index contributed by atoms with van der Waals surface area (Å²) in [6.07, 6.45) is 1.63. The largest absolute Gasteiger partial charge is 0.327 e. The molecule has 0 amide bonds. The number of benzene rings is 2. The maximum Gasteiger partial charge on any atom is 0.137 e. The molecule has 0 heterocycles. The topological polar surface area (TPSA) is 26.0 Å². The quantitative estimate of drug-likeness (QED) is 0.852. The molecule has 2 rings (SSSR count). The van der Waals surface area contributed by atoms with E-state index in [-0.39, 0.29) is 11.9 Å². The second-order valence-electron chi connectivity index (χ2n) is 5.49. The third kappa shape index (κ3) is 4.32. The molecule has 0 aromatic heterocycles. The van der Waals surface area contributed by atoms with Gasteiger partial charge in [-0.1, -0.05) is 30.8 Å². The number of nitrogens with two attached hydrogens (primary N) is 1. The molecule has 1 atom stereocenters. The zero-order valence-electron chi connectivity index (χ0n) is 12.8. The average Bonchev–Trinajstić information content (AvgIpc) is 2.45. The maximum atomic E-state index is 14.2. The Balaban J connectivity index is 2.15. The van der Waals surface area contributed by atoms with E-state index in [0.29, 0.717) is 4.90 Å². The molecule has 0 aliphatic carbocycles. The van der Waals surface area contributed by atoms with Gasteiger partial charge in [-0.25, -0.2) is 4.39 Å². The van der Waals surface area contributed by atoms with Gasteiger partial charge in [-0.2, -0.15) is 0 Å². The lowest BCUT2D eigenvalue weighted by atomic mass is 10.0. The summed E-state index contributed by atoms with van der Waals surface area (Å²) in [5.74, 6) is -0.168. The zero-order chi connectivity index (χ0) is 15.4. The number of hydrogen-bond acceptors (Lipinski definition) is 2. The molecule has 112 valence electrons. The SMILES string of the molecule is CCC(N)Cc1ccc(Sc2ccc(C)c(C)c2)c(F)c1. The van der Waals surface area contributed by atoms with Crippen molar-refractivity contribution < 1.29 is 4.39 Å². The zero-order valence-corrected chi connectivity index (χ0v) is 13.6.